The van der Waals surface area contributed by atoms with E-state index in [-0.39, 0.29) is 0 Å². The van der Waals surface area contributed by atoms with E-state index >= 15 is 0 Å². The van der Waals surface area contributed by atoms with E-state index in [1.54, 1.807) is 0 Å². The van der Waals surface area contributed by atoms with E-state index in [2.05, 4.69) is 104 Å². The van der Waals surface area contributed by atoms with Gasteiger partial charge in [0, 0.05) is 56.4 Å². The molecule has 0 spiro atoms. The first kappa shape index (κ1) is 27.0. The van der Waals surface area contributed by atoms with E-state index in [9.17, 15) is 0 Å². The Hall–Kier alpha value is -6.15. The van der Waals surface area contributed by atoms with Crippen LogP contribution in [0.1, 0.15) is 37.4 Å². The Bertz CT molecular complexity index is 2650. The van der Waals surface area contributed by atoms with Gasteiger partial charge in [-0.3, -0.25) is 0 Å². The maximum Gasteiger partial charge on any atom is 0.157 e. The second-order valence-corrected chi connectivity index (χ2v) is 12.9. The summed E-state index contributed by atoms with van der Waals surface area (Å²) in [6.07, 6.45) is 6.82. The molecule has 232 valence electrons. The fourth-order valence-corrected chi connectivity index (χ4v) is 7.31. The molecule has 5 aromatic heterocycles. The zero-order chi connectivity index (χ0) is 31.6. The van der Waals surface area contributed by atoms with E-state index in [4.69, 9.17) is 15.0 Å². The van der Waals surface area contributed by atoms with Crippen molar-refractivity contribution in [2.45, 2.75) is 31.6 Å². The summed E-state index contributed by atoms with van der Waals surface area (Å²) in [5, 5.41) is 11.6. The van der Waals surface area contributed by atoms with Crippen molar-refractivity contribution in [3.8, 4) is 11.3 Å². The quantitative estimate of drug-likeness (QED) is 0.126. The Balaban J connectivity index is 1.03. The number of aromatic nitrogens is 6. The minimum atomic E-state index is 0.458. The first-order chi connectivity index (χ1) is 23.7. The van der Waals surface area contributed by atoms with Gasteiger partial charge in [-0.15, -0.1) is 0 Å². The van der Waals surface area contributed by atoms with E-state index in [0.29, 0.717) is 5.92 Å². The molecule has 0 radical (unpaired) electrons. The standard InChI is InChI=1S/C40H32N8/c1-2-7-25(6-1)39-47-37-30-19-26(11-15-32(30)46-40(38(37)48-39)43-29-13-9-24-17-18-41-33(24)21-29)34-20-27-10-14-28(22-35(27)44-34)42-36-16-12-23-5-3-4-8-31(23)45-36/h3-5,8-22,25,41,44H,1-2,6-7H2,(H,42,45)(H,43,46)(H,47,48). The highest BCUT2D eigenvalue weighted by Crippen LogP contribution is 2.38. The number of hydrogen-bond acceptors (Lipinski definition) is 5. The van der Waals surface area contributed by atoms with Crippen LogP contribution < -0.4 is 10.6 Å². The lowest BCUT2D eigenvalue weighted by Gasteiger charge is -2.10. The normalized spacial score (nSPS) is 13.8. The molecule has 8 heteroatoms. The van der Waals surface area contributed by atoms with Gasteiger partial charge < -0.3 is 25.6 Å². The Morgan fingerprint density at radius 1 is 0.625 bits per heavy atom. The summed E-state index contributed by atoms with van der Waals surface area (Å²) in [5.41, 5.74) is 10.0. The molecule has 5 N–H and O–H groups in total. The number of fused-ring (bicyclic) bond motifs is 6. The number of H-pyrrole nitrogens is 3. The maximum atomic E-state index is 5.25. The minimum Gasteiger partial charge on any atom is -0.361 e. The topological polar surface area (TPSA) is 110 Å². The van der Waals surface area contributed by atoms with Gasteiger partial charge in [0.15, 0.2) is 5.82 Å². The van der Waals surface area contributed by atoms with E-state index in [1.165, 1.54) is 31.1 Å². The minimum absolute atomic E-state index is 0.458. The molecule has 1 aliphatic rings. The van der Waals surface area contributed by atoms with Crippen LogP contribution >= 0.6 is 0 Å². The van der Waals surface area contributed by atoms with Crippen LogP contribution in [0.4, 0.5) is 23.0 Å². The first-order valence-corrected chi connectivity index (χ1v) is 16.6. The second-order valence-electron chi connectivity index (χ2n) is 12.9. The SMILES string of the molecule is c1ccc2nc(Nc3ccc4cc(-c5ccc6nc(Nc7ccc8cc[nH]c8c7)c7[nH]c(C8CCCC8)nc7c6c5)[nH]c4c3)ccc2c1. The third kappa shape index (κ3) is 4.64. The molecular weight excluding hydrogens is 592 g/mol. The number of nitrogens with zero attached hydrogens (tertiary/aromatic N) is 3. The van der Waals surface area contributed by atoms with Gasteiger partial charge in [0.1, 0.15) is 22.7 Å². The Morgan fingerprint density at radius 3 is 2.40 bits per heavy atom. The number of nitrogens with one attached hydrogen (secondary N) is 5. The lowest BCUT2D eigenvalue weighted by atomic mass is 10.1. The number of aromatic amines is 3. The number of pyridine rings is 2. The fourth-order valence-electron chi connectivity index (χ4n) is 7.31. The highest BCUT2D eigenvalue weighted by Gasteiger charge is 2.23. The van der Waals surface area contributed by atoms with Gasteiger partial charge in [-0.25, -0.2) is 15.0 Å². The molecule has 4 aromatic carbocycles. The predicted octanol–water partition coefficient (Wildman–Crippen LogP) is 10.4. The number of imidazole rings is 1. The summed E-state index contributed by atoms with van der Waals surface area (Å²) in [7, 11) is 0. The molecule has 0 aliphatic heterocycles. The molecule has 0 bridgehead atoms. The van der Waals surface area contributed by atoms with Gasteiger partial charge in [0.25, 0.3) is 0 Å². The molecule has 0 unspecified atom stereocenters. The molecular formula is C40H32N8. The molecule has 0 saturated heterocycles. The van der Waals surface area contributed by atoms with E-state index in [1.807, 2.05) is 30.5 Å². The summed E-state index contributed by atoms with van der Waals surface area (Å²) >= 11 is 0. The third-order valence-electron chi connectivity index (χ3n) is 9.81. The summed E-state index contributed by atoms with van der Waals surface area (Å²) in [4.78, 5) is 25.8. The number of rotatable bonds is 6. The lowest BCUT2D eigenvalue weighted by molar-refractivity contribution is 0.681. The summed E-state index contributed by atoms with van der Waals surface area (Å²) in [5.74, 6) is 3.14. The van der Waals surface area contributed by atoms with Crippen molar-refractivity contribution in [3.63, 3.8) is 0 Å². The lowest BCUT2D eigenvalue weighted by Crippen LogP contribution is -1.97. The van der Waals surface area contributed by atoms with Crippen LogP contribution in [0.15, 0.2) is 109 Å². The van der Waals surface area contributed by atoms with Crippen molar-refractivity contribution in [1.82, 2.24) is 29.9 Å². The van der Waals surface area contributed by atoms with Gasteiger partial charge in [0.05, 0.1) is 11.0 Å². The number of hydrogen-bond donors (Lipinski definition) is 5. The number of benzene rings is 4. The average molecular weight is 625 g/mol. The third-order valence-corrected chi connectivity index (χ3v) is 9.81. The molecule has 1 fully saturated rings. The largest absolute Gasteiger partial charge is 0.361 e. The maximum absolute atomic E-state index is 5.25. The monoisotopic (exact) mass is 624 g/mol. The van der Waals surface area contributed by atoms with Crippen molar-refractivity contribution >= 4 is 77.7 Å². The second kappa shape index (κ2) is 10.7. The van der Waals surface area contributed by atoms with Crippen molar-refractivity contribution in [2.24, 2.45) is 0 Å². The smallest absolute Gasteiger partial charge is 0.157 e. The van der Waals surface area contributed by atoms with Gasteiger partial charge in [0.2, 0.25) is 0 Å². The fraction of sp³-hybridized carbons (Fsp3) is 0.125. The summed E-state index contributed by atoms with van der Waals surface area (Å²) in [6.45, 7) is 0. The first-order valence-electron chi connectivity index (χ1n) is 16.6. The van der Waals surface area contributed by atoms with Gasteiger partial charge in [-0.2, -0.15) is 0 Å². The molecule has 9 aromatic rings. The Kier molecular flexibility index (Phi) is 6.02. The number of anilines is 4. The average Bonchev–Trinajstić information content (AvgIpc) is 3.94. The Morgan fingerprint density at radius 2 is 1.46 bits per heavy atom. The van der Waals surface area contributed by atoms with Gasteiger partial charge in [-0.05, 0) is 90.5 Å². The highest BCUT2D eigenvalue weighted by atomic mass is 15.0. The molecule has 10 rings (SSSR count). The van der Waals surface area contributed by atoms with Crippen molar-refractivity contribution < 1.29 is 0 Å². The zero-order valence-electron chi connectivity index (χ0n) is 26.1. The van der Waals surface area contributed by atoms with Crippen LogP contribution in [0.5, 0.6) is 0 Å². The van der Waals surface area contributed by atoms with Crippen molar-refractivity contribution in [2.75, 3.05) is 10.6 Å². The summed E-state index contributed by atoms with van der Waals surface area (Å²) < 4.78 is 0. The Labute approximate surface area is 275 Å². The van der Waals surface area contributed by atoms with E-state index < -0.39 is 0 Å². The number of para-hydroxylation sites is 1. The highest BCUT2D eigenvalue weighted by molar-refractivity contribution is 6.08. The van der Waals surface area contributed by atoms with Crippen molar-refractivity contribution in [1.29, 1.82) is 0 Å². The van der Waals surface area contributed by atoms with Crippen molar-refractivity contribution in [3.05, 3.63) is 115 Å². The zero-order valence-corrected chi connectivity index (χ0v) is 26.1. The summed E-state index contributed by atoms with van der Waals surface area (Å²) in [6, 6.07) is 35.8. The van der Waals surface area contributed by atoms with Crippen LogP contribution in [-0.2, 0) is 0 Å². The van der Waals surface area contributed by atoms with Crippen LogP contribution in [0, 0.1) is 0 Å². The van der Waals surface area contributed by atoms with Crippen LogP contribution in [-0.4, -0.2) is 29.9 Å². The van der Waals surface area contributed by atoms with Crippen LogP contribution in [0.2, 0.25) is 0 Å². The van der Waals surface area contributed by atoms with E-state index in [0.717, 1.165) is 89.4 Å². The van der Waals surface area contributed by atoms with Crippen LogP contribution in [0.25, 0.3) is 65.9 Å². The van der Waals surface area contributed by atoms with Gasteiger partial charge in [-0.1, -0.05) is 49.2 Å². The molecule has 5 heterocycles. The molecule has 1 saturated carbocycles. The molecule has 0 atom stereocenters. The predicted molar refractivity (Wildman–Crippen MR) is 197 cm³/mol. The van der Waals surface area contributed by atoms with Gasteiger partial charge >= 0.3 is 0 Å². The van der Waals surface area contributed by atoms with Crippen LogP contribution in [0.3, 0.4) is 0 Å². The molecule has 48 heavy (non-hydrogen) atoms. The molecule has 0 amide bonds. The molecule has 8 nitrogen and oxygen atoms in total. The molecule has 1 aliphatic carbocycles.